The number of sulfonamides is 1. The molecule has 1 aliphatic rings. The summed E-state index contributed by atoms with van der Waals surface area (Å²) in [5.74, 6) is -1.13. The Morgan fingerprint density at radius 3 is 2.40 bits per heavy atom. The number of hydrogen-bond acceptors (Lipinski definition) is 4. The molecular formula is C20H21F3N2O4S. The lowest BCUT2D eigenvalue weighted by Crippen LogP contribution is -2.45. The molecule has 30 heavy (non-hydrogen) atoms. The van der Waals surface area contributed by atoms with Gasteiger partial charge in [0.15, 0.2) is 0 Å². The second-order valence-corrected chi connectivity index (χ2v) is 8.86. The summed E-state index contributed by atoms with van der Waals surface area (Å²) in [4.78, 5) is 12.7. The third-order valence-corrected chi connectivity index (χ3v) is 6.64. The number of hydrogen-bond donors (Lipinski definition) is 1. The molecule has 1 saturated heterocycles. The Morgan fingerprint density at radius 2 is 1.77 bits per heavy atom. The summed E-state index contributed by atoms with van der Waals surface area (Å²) in [6.45, 7) is 0.552. The van der Waals surface area contributed by atoms with E-state index >= 15 is 0 Å². The van der Waals surface area contributed by atoms with Gasteiger partial charge in [-0.3, -0.25) is 4.79 Å². The number of carbonyl (C=O) groups excluding carboxylic acids is 1. The number of carbonyl (C=O) groups is 1. The van der Waals surface area contributed by atoms with Crippen molar-refractivity contribution >= 4 is 15.9 Å². The average Bonchev–Trinajstić information content (AvgIpc) is 2.72. The number of nitrogens with one attached hydrogen (secondary N) is 1. The molecule has 0 aromatic heterocycles. The van der Waals surface area contributed by atoms with E-state index in [2.05, 4.69) is 10.1 Å². The van der Waals surface area contributed by atoms with Crippen LogP contribution < -0.4 is 10.1 Å². The predicted molar refractivity (Wildman–Crippen MR) is 103 cm³/mol. The number of benzene rings is 2. The zero-order chi connectivity index (χ0) is 21.8. The minimum absolute atomic E-state index is 0.0847. The van der Waals surface area contributed by atoms with Crippen molar-refractivity contribution in [2.45, 2.75) is 30.6 Å². The van der Waals surface area contributed by atoms with Crippen LogP contribution in [-0.4, -0.2) is 38.1 Å². The number of piperidine rings is 1. The molecular weight excluding hydrogens is 421 g/mol. The van der Waals surface area contributed by atoms with Crippen LogP contribution >= 0.6 is 0 Å². The van der Waals surface area contributed by atoms with Gasteiger partial charge >= 0.3 is 6.36 Å². The van der Waals surface area contributed by atoms with Gasteiger partial charge in [-0.2, -0.15) is 4.31 Å². The van der Waals surface area contributed by atoms with Crippen molar-refractivity contribution in [2.75, 3.05) is 13.1 Å². The zero-order valence-electron chi connectivity index (χ0n) is 15.9. The number of rotatable bonds is 6. The summed E-state index contributed by atoms with van der Waals surface area (Å²) < 4.78 is 67.3. The first kappa shape index (κ1) is 22.1. The highest BCUT2D eigenvalue weighted by atomic mass is 32.2. The summed E-state index contributed by atoms with van der Waals surface area (Å²) in [6, 6.07) is 13.2. The van der Waals surface area contributed by atoms with E-state index in [0.717, 1.165) is 0 Å². The van der Waals surface area contributed by atoms with Gasteiger partial charge in [-0.15, -0.1) is 13.2 Å². The molecule has 1 fully saturated rings. The van der Waals surface area contributed by atoms with Crippen molar-refractivity contribution in [2.24, 2.45) is 5.92 Å². The van der Waals surface area contributed by atoms with E-state index in [9.17, 15) is 26.4 Å². The smallest absolute Gasteiger partial charge is 0.406 e. The van der Waals surface area contributed by atoms with Gasteiger partial charge in [0.25, 0.3) is 0 Å². The lowest BCUT2D eigenvalue weighted by Gasteiger charge is -2.31. The van der Waals surface area contributed by atoms with Gasteiger partial charge in [0.2, 0.25) is 15.9 Å². The molecule has 162 valence electrons. The minimum atomic E-state index is -4.76. The molecule has 0 radical (unpaired) electrons. The molecule has 2 aromatic rings. The zero-order valence-corrected chi connectivity index (χ0v) is 16.7. The van der Waals surface area contributed by atoms with Crippen LogP contribution in [0.5, 0.6) is 5.75 Å². The molecule has 1 heterocycles. The maximum Gasteiger partial charge on any atom is 0.573 e. The van der Waals surface area contributed by atoms with Crippen LogP contribution in [0, 0.1) is 5.92 Å². The third-order valence-electron chi connectivity index (χ3n) is 4.76. The standard InChI is InChI=1S/C20H21F3N2O4S/c21-20(22,23)29-17-10-8-15(9-11-17)13-24-19(26)16-5-4-12-25(14-16)30(27,28)18-6-2-1-3-7-18/h1-3,6-11,16H,4-5,12-14H2,(H,24,26). The van der Waals surface area contributed by atoms with Crippen molar-refractivity contribution in [3.8, 4) is 5.75 Å². The summed E-state index contributed by atoms with van der Waals surface area (Å²) in [5, 5.41) is 2.72. The molecule has 1 atom stereocenters. The van der Waals surface area contributed by atoms with Crippen molar-refractivity contribution in [1.82, 2.24) is 9.62 Å². The Morgan fingerprint density at radius 1 is 1.10 bits per heavy atom. The maximum absolute atomic E-state index is 12.8. The number of halogens is 3. The first-order chi connectivity index (χ1) is 14.1. The lowest BCUT2D eigenvalue weighted by atomic mass is 9.99. The molecule has 1 unspecified atom stereocenters. The molecule has 6 nitrogen and oxygen atoms in total. The highest BCUT2D eigenvalue weighted by molar-refractivity contribution is 7.89. The summed E-state index contributed by atoms with van der Waals surface area (Å²) in [5.41, 5.74) is 0.599. The van der Waals surface area contributed by atoms with E-state index in [1.54, 1.807) is 18.2 Å². The highest BCUT2D eigenvalue weighted by Crippen LogP contribution is 2.25. The molecule has 0 saturated carbocycles. The van der Waals surface area contributed by atoms with Crippen LogP contribution in [0.1, 0.15) is 18.4 Å². The van der Waals surface area contributed by atoms with E-state index in [1.807, 2.05) is 0 Å². The normalized spacial score (nSPS) is 18.0. The van der Waals surface area contributed by atoms with Gasteiger partial charge in [-0.1, -0.05) is 30.3 Å². The molecule has 10 heteroatoms. The van der Waals surface area contributed by atoms with Crippen molar-refractivity contribution in [3.05, 3.63) is 60.2 Å². The second kappa shape index (κ2) is 9.05. The summed E-state index contributed by atoms with van der Waals surface area (Å²) in [7, 11) is -3.67. The Balaban J connectivity index is 1.57. The monoisotopic (exact) mass is 442 g/mol. The summed E-state index contributed by atoms with van der Waals surface area (Å²) in [6.07, 6.45) is -3.64. The van der Waals surface area contributed by atoms with Crippen LogP contribution in [0.3, 0.4) is 0 Å². The first-order valence-electron chi connectivity index (χ1n) is 9.33. The van der Waals surface area contributed by atoms with Crippen molar-refractivity contribution < 1.29 is 31.1 Å². The summed E-state index contributed by atoms with van der Waals surface area (Å²) >= 11 is 0. The highest BCUT2D eigenvalue weighted by Gasteiger charge is 2.33. The molecule has 0 spiro atoms. The Labute approximate surface area is 172 Å². The predicted octanol–water partition coefficient (Wildman–Crippen LogP) is 3.30. The van der Waals surface area contributed by atoms with Crippen LogP contribution in [0.25, 0.3) is 0 Å². The van der Waals surface area contributed by atoms with Gasteiger partial charge in [-0.25, -0.2) is 8.42 Å². The molecule has 1 N–H and O–H groups in total. The number of nitrogens with zero attached hydrogens (tertiary/aromatic N) is 1. The average molecular weight is 442 g/mol. The van der Waals surface area contributed by atoms with Crippen LogP contribution in [0.2, 0.25) is 0 Å². The number of alkyl halides is 3. The molecule has 2 aromatic carbocycles. The number of ether oxygens (including phenoxy) is 1. The lowest BCUT2D eigenvalue weighted by molar-refractivity contribution is -0.274. The van der Waals surface area contributed by atoms with Gasteiger partial charge in [-0.05, 0) is 42.7 Å². The van der Waals surface area contributed by atoms with Gasteiger partial charge in [0, 0.05) is 19.6 Å². The van der Waals surface area contributed by atoms with Crippen LogP contribution in [-0.2, 0) is 21.4 Å². The molecule has 3 rings (SSSR count). The Bertz CT molecular complexity index is 964. The Hall–Kier alpha value is -2.59. The molecule has 0 aliphatic carbocycles. The largest absolute Gasteiger partial charge is 0.573 e. The van der Waals surface area contributed by atoms with E-state index < -0.39 is 22.3 Å². The van der Waals surface area contributed by atoms with Gasteiger partial charge in [0.05, 0.1) is 10.8 Å². The maximum atomic E-state index is 12.8. The molecule has 1 aliphatic heterocycles. The second-order valence-electron chi connectivity index (χ2n) is 6.92. The fourth-order valence-corrected chi connectivity index (χ4v) is 4.80. The topological polar surface area (TPSA) is 75.7 Å². The first-order valence-corrected chi connectivity index (χ1v) is 10.8. The van der Waals surface area contributed by atoms with E-state index in [-0.39, 0.29) is 29.6 Å². The van der Waals surface area contributed by atoms with Crippen LogP contribution in [0.15, 0.2) is 59.5 Å². The fraction of sp³-hybridized carbons (Fsp3) is 0.350. The fourth-order valence-electron chi connectivity index (χ4n) is 3.26. The number of amides is 1. The van der Waals surface area contributed by atoms with Gasteiger partial charge in [0.1, 0.15) is 5.75 Å². The SMILES string of the molecule is O=C(NCc1ccc(OC(F)(F)F)cc1)C1CCCN(S(=O)(=O)c2ccccc2)C1. The van der Waals surface area contributed by atoms with E-state index in [1.165, 1.54) is 40.7 Å². The molecule has 0 bridgehead atoms. The van der Waals surface area contributed by atoms with Crippen molar-refractivity contribution in [3.63, 3.8) is 0 Å². The van der Waals surface area contributed by atoms with Gasteiger partial charge < -0.3 is 10.1 Å². The van der Waals surface area contributed by atoms with E-state index in [4.69, 9.17) is 0 Å². The Kier molecular flexibility index (Phi) is 6.67. The molecule has 1 amide bonds. The quantitative estimate of drug-likeness (QED) is 0.745. The third kappa shape index (κ3) is 5.73. The minimum Gasteiger partial charge on any atom is -0.406 e. The van der Waals surface area contributed by atoms with Crippen LogP contribution in [0.4, 0.5) is 13.2 Å². The van der Waals surface area contributed by atoms with Crippen molar-refractivity contribution in [1.29, 1.82) is 0 Å². The van der Waals surface area contributed by atoms with E-state index in [0.29, 0.717) is 24.9 Å².